The summed E-state index contributed by atoms with van der Waals surface area (Å²) in [7, 11) is 0. The molecular formula is C20H22N2O2. The summed E-state index contributed by atoms with van der Waals surface area (Å²) in [6.07, 6.45) is 3.86. The van der Waals surface area contributed by atoms with E-state index in [-0.39, 0.29) is 0 Å². The molecule has 0 atom stereocenters. The predicted octanol–water partition coefficient (Wildman–Crippen LogP) is 4.70. The van der Waals surface area contributed by atoms with Crippen molar-refractivity contribution in [2.45, 2.75) is 33.3 Å². The van der Waals surface area contributed by atoms with Crippen LogP contribution in [0.1, 0.15) is 31.0 Å². The van der Waals surface area contributed by atoms with Crippen molar-refractivity contribution in [3.8, 4) is 11.6 Å². The highest BCUT2D eigenvalue weighted by molar-refractivity contribution is 5.86. The summed E-state index contributed by atoms with van der Waals surface area (Å²) < 4.78 is 11.8. The van der Waals surface area contributed by atoms with Gasteiger partial charge in [-0.1, -0.05) is 31.5 Å². The van der Waals surface area contributed by atoms with Crippen molar-refractivity contribution in [3.63, 3.8) is 0 Å². The van der Waals surface area contributed by atoms with Gasteiger partial charge in [-0.25, -0.2) is 9.97 Å². The van der Waals surface area contributed by atoms with Gasteiger partial charge in [0.2, 0.25) is 5.88 Å². The van der Waals surface area contributed by atoms with Crippen molar-refractivity contribution in [3.05, 3.63) is 59.9 Å². The van der Waals surface area contributed by atoms with Crippen LogP contribution in [-0.2, 0) is 6.61 Å². The highest BCUT2D eigenvalue weighted by Gasteiger charge is 2.13. The fraction of sp³-hybridized carbons (Fsp3) is 0.300. The van der Waals surface area contributed by atoms with Crippen LogP contribution in [0.15, 0.2) is 48.7 Å². The minimum atomic E-state index is 0.373. The third kappa shape index (κ3) is 3.65. The molecule has 0 radical (unpaired) electrons. The summed E-state index contributed by atoms with van der Waals surface area (Å²) >= 11 is 0. The van der Waals surface area contributed by atoms with Crippen LogP contribution in [0.25, 0.3) is 10.9 Å². The summed E-state index contributed by atoms with van der Waals surface area (Å²) in [4.78, 5) is 8.93. The van der Waals surface area contributed by atoms with E-state index >= 15 is 0 Å². The smallest absolute Gasteiger partial charge is 0.213 e. The summed E-state index contributed by atoms with van der Waals surface area (Å²) in [5.74, 6) is 1.51. The molecule has 3 rings (SSSR count). The van der Waals surface area contributed by atoms with E-state index in [4.69, 9.17) is 14.5 Å². The molecule has 0 unspecified atom stereocenters. The van der Waals surface area contributed by atoms with Crippen molar-refractivity contribution >= 4 is 10.9 Å². The van der Waals surface area contributed by atoms with E-state index < -0.39 is 0 Å². The van der Waals surface area contributed by atoms with Crippen LogP contribution in [0.4, 0.5) is 0 Å². The number of benzene rings is 1. The van der Waals surface area contributed by atoms with E-state index in [2.05, 4.69) is 18.0 Å². The van der Waals surface area contributed by atoms with Crippen molar-refractivity contribution in [2.24, 2.45) is 0 Å². The number of para-hydroxylation sites is 1. The van der Waals surface area contributed by atoms with Gasteiger partial charge in [0.1, 0.15) is 12.4 Å². The highest BCUT2D eigenvalue weighted by Crippen LogP contribution is 2.31. The molecule has 0 spiro atoms. The highest BCUT2D eigenvalue weighted by atomic mass is 16.5. The number of fused-ring (bicyclic) bond motifs is 1. The van der Waals surface area contributed by atoms with Crippen LogP contribution in [0.3, 0.4) is 0 Å². The fourth-order valence-corrected chi connectivity index (χ4v) is 2.55. The molecule has 4 heteroatoms. The molecule has 0 bridgehead atoms. The Balaban J connectivity index is 1.90. The van der Waals surface area contributed by atoms with Crippen LogP contribution >= 0.6 is 0 Å². The predicted molar refractivity (Wildman–Crippen MR) is 95.5 cm³/mol. The Bertz CT molecular complexity index is 803. The van der Waals surface area contributed by atoms with Crippen LogP contribution in [0.5, 0.6) is 11.6 Å². The number of nitrogens with zero attached hydrogens (tertiary/aromatic N) is 2. The van der Waals surface area contributed by atoms with Gasteiger partial charge in [0, 0.05) is 23.2 Å². The van der Waals surface area contributed by atoms with Crippen LogP contribution < -0.4 is 9.47 Å². The zero-order valence-electron chi connectivity index (χ0n) is 14.2. The molecule has 4 nitrogen and oxygen atoms in total. The Morgan fingerprint density at radius 2 is 1.83 bits per heavy atom. The first kappa shape index (κ1) is 16.2. The first-order valence-corrected chi connectivity index (χ1v) is 8.34. The molecule has 124 valence electrons. The Kier molecular flexibility index (Phi) is 5.26. The lowest BCUT2D eigenvalue weighted by Crippen LogP contribution is -2.06. The third-order valence-corrected chi connectivity index (χ3v) is 3.92. The Hall–Kier alpha value is -2.62. The van der Waals surface area contributed by atoms with Gasteiger partial charge in [-0.2, -0.15) is 0 Å². The van der Waals surface area contributed by atoms with E-state index in [0.717, 1.165) is 40.8 Å². The second kappa shape index (κ2) is 7.77. The zero-order chi connectivity index (χ0) is 16.8. The van der Waals surface area contributed by atoms with Gasteiger partial charge in [0.15, 0.2) is 0 Å². The molecule has 0 fully saturated rings. The first-order chi connectivity index (χ1) is 11.8. The Labute approximate surface area is 142 Å². The van der Waals surface area contributed by atoms with E-state index in [1.165, 1.54) is 0 Å². The maximum absolute atomic E-state index is 6.07. The molecule has 24 heavy (non-hydrogen) atoms. The Morgan fingerprint density at radius 3 is 2.62 bits per heavy atom. The first-order valence-electron chi connectivity index (χ1n) is 8.34. The molecule has 0 aliphatic heterocycles. The maximum atomic E-state index is 6.07. The number of unbranched alkanes of at least 4 members (excludes halogenated alkanes) is 1. The number of rotatable bonds is 7. The third-order valence-electron chi connectivity index (χ3n) is 3.92. The van der Waals surface area contributed by atoms with Crippen molar-refractivity contribution < 1.29 is 9.47 Å². The summed E-state index contributed by atoms with van der Waals surface area (Å²) in [6.45, 7) is 5.29. The molecule has 3 aromatic rings. The standard InChI is InChI=1S/C20H22N2O2/c1-3-4-13-23-20-15(2)18(14-24-19-11-7-8-12-21-19)22-17-10-6-5-9-16(17)20/h5-12H,3-4,13-14H2,1-2H3. The van der Waals surface area contributed by atoms with E-state index in [1.54, 1.807) is 6.20 Å². The lowest BCUT2D eigenvalue weighted by molar-refractivity contribution is 0.284. The van der Waals surface area contributed by atoms with Crippen molar-refractivity contribution in [1.29, 1.82) is 0 Å². The number of ether oxygens (including phenoxy) is 2. The van der Waals surface area contributed by atoms with Crippen LogP contribution in [-0.4, -0.2) is 16.6 Å². The minimum Gasteiger partial charge on any atom is -0.493 e. The lowest BCUT2D eigenvalue weighted by atomic mass is 10.1. The number of hydrogen-bond acceptors (Lipinski definition) is 4. The normalized spacial score (nSPS) is 10.8. The maximum Gasteiger partial charge on any atom is 0.213 e. The largest absolute Gasteiger partial charge is 0.493 e. The van der Waals surface area contributed by atoms with Crippen LogP contribution in [0, 0.1) is 6.92 Å². The average Bonchev–Trinajstić information content (AvgIpc) is 2.63. The van der Waals surface area contributed by atoms with E-state index in [1.807, 2.05) is 43.3 Å². The van der Waals surface area contributed by atoms with Gasteiger partial charge in [-0.15, -0.1) is 0 Å². The molecule has 0 amide bonds. The van der Waals surface area contributed by atoms with Gasteiger partial charge in [-0.05, 0) is 31.5 Å². The second-order valence-electron chi connectivity index (χ2n) is 5.69. The van der Waals surface area contributed by atoms with E-state index in [0.29, 0.717) is 19.1 Å². The minimum absolute atomic E-state index is 0.373. The zero-order valence-corrected chi connectivity index (χ0v) is 14.2. The molecule has 1 aromatic carbocycles. The number of hydrogen-bond donors (Lipinski definition) is 0. The SMILES string of the molecule is CCCCOc1c(C)c(COc2ccccn2)nc2ccccc12. The van der Waals surface area contributed by atoms with Crippen LogP contribution in [0.2, 0.25) is 0 Å². The van der Waals surface area contributed by atoms with Gasteiger partial charge < -0.3 is 9.47 Å². The quantitative estimate of drug-likeness (QED) is 0.592. The molecule has 0 N–H and O–H groups in total. The topological polar surface area (TPSA) is 44.2 Å². The molecule has 2 aromatic heterocycles. The lowest BCUT2D eigenvalue weighted by Gasteiger charge is -2.15. The molecular weight excluding hydrogens is 300 g/mol. The fourth-order valence-electron chi connectivity index (χ4n) is 2.55. The van der Waals surface area contributed by atoms with Gasteiger partial charge in [0.25, 0.3) is 0 Å². The molecule has 0 saturated carbocycles. The van der Waals surface area contributed by atoms with Crippen molar-refractivity contribution in [1.82, 2.24) is 9.97 Å². The Morgan fingerprint density at radius 1 is 1.00 bits per heavy atom. The van der Waals surface area contributed by atoms with Gasteiger partial charge >= 0.3 is 0 Å². The summed E-state index contributed by atoms with van der Waals surface area (Å²) in [6, 6.07) is 13.7. The molecule has 0 aliphatic rings. The average molecular weight is 322 g/mol. The van der Waals surface area contributed by atoms with Gasteiger partial charge in [0.05, 0.1) is 17.8 Å². The van der Waals surface area contributed by atoms with Gasteiger partial charge in [-0.3, -0.25) is 0 Å². The number of pyridine rings is 2. The van der Waals surface area contributed by atoms with Crippen molar-refractivity contribution in [2.75, 3.05) is 6.61 Å². The molecule has 0 saturated heterocycles. The van der Waals surface area contributed by atoms with E-state index in [9.17, 15) is 0 Å². The molecule has 0 aliphatic carbocycles. The summed E-state index contributed by atoms with van der Waals surface area (Å²) in [5, 5.41) is 1.05. The number of aromatic nitrogens is 2. The molecule has 2 heterocycles. The monoisotopic (exact) mass is 322 g/mol. The summed E-state index contributed by atoms with van der Waals surface area (Å²) in [5.41, 5.74) is 2.83. The second-order valence-corrected chi connectivity index (χ2v) is 5.69.